The van der Waals surface area contributed by atoms with Crippen molar-refractivity contribution in [3.05, 3.63) is 48.2 Å². The fourth-order valence-corrected chi connectivity index (χ4v) is 0.780. The molecular weight excluding hydrogens is 176 g/mol. The molecular formula is C12H16O2. The quantitative estimate of drug-likeness (QED) is 0.505. The molecule has 0 aromatic heterocycles. The van der Waals surface area contributed by atoms with Gasteiger partial charge in [-0.05, 0) is 25.0 Å². The van der Waals surface area contributed by atoms with Crippen LogP contribution in [0.2, 0.25) is 0 Å². The molecule has 0 aliphatic rings. The summed E-state index contributed by atoms with van der Waals surface area (Å²) in [7, 11) is 0. The van der Waals surface area contributed by atoms with Gasteiger partial charge >= 0.3 is 5.97 Å². The van der Waals surface area contributed by atoms with Gasteiger partial charge in [-0.25, -0.2) is 0 Å². The lowest BCUT2D eigenvalue weighted by molar-refractivity contribution is -0.135. The SMILES string of the molecule is C=COC(C)=O.Cc1ccccc1C. The van der Waals surface area contributed by atoms with Crippen molar-refractivity contribution in [1.29, 1.82) is 0 Å². The van der Waals surface area contributed by atoms with E-state index in [1.165, 1.54) is 18.1 Å². The first-order valence-corrected chi connectivity index (χ1v) is 4.38. The van der Waals surface area contributed by atoms with Gasteiger partial charge in [-0.1, -0.05) is 30.8 Å². The van der Waals surface area contributed by atoms with Crippen LogP contribution in [0.4, 0.5) is 0 Å². The van der Waals surface area contributed by atoms with Crippen molar-refractivity contribution in [2.75, 3.05) is 0 Å². The molecule has 0 saturated carbocycles. The zero-order chi connectivity index (χ0) is 11.0. The van der Waals surface area contributed by atoms with Gasteiger partial charge in [-0.3, -0.25) is 4.79 Å². The van der Waals surface area contributed by atoms with Crippen molar-refractivity contribution < 1.29 is 9.53 Å². The molecule has 2 nitrogen and oxygen atoms in total. The molecule has 0 atom stereocenters. The normalized spacial score (nSPS) is 8.21. The van der Waals surface area contributed by atoms with Gasteiger partial charge < -0.3 is 4.74 Å². The predicted octanol–water partition coefficient (Wildman–Crippen LogP) is 3.00. The first-order valence-electron chi connectivity index (χ1n) is 4.38. The lowest BCUT2D eigenvalue weighted by atomic mass is 10.1. The first kappa shape index (κ1) is 12.4. The fraction of sp³-hybridized carbons (Fsp3) is 0.250. The third kappa shape index (κ3) is 6.00. The summed E-state index contributed by atoms with van der Waals surface area (Å²) in [6, 6.07) is 8.36. The molecule has 2 heteroatoms. The first-order chi connectivity index (χ1) is 6.57. The second kappa shape index (κ2) is 6.89. The van der Waals surface area contributed by atoms with Crippen LogP contribution in [0.25, 0.3) is 0 Å². The molecule has 0 aliphatic heterocycles. The molecule has 76 valence electrons. The van der Waals surface area contributed by atoms with E-state index >= 15 is 0 Å². The van der Waals surface area contributed by atoms with Crippen LogP contribution in [-0.4, -0.2) is 5.97 Å². The number of carbonyl (C=O) groups excluding carboxylic acids is 1. The second-order valence-corrected chi connectivity index (χ2v) is 2.86. The minimum atomic E-state index is -0.329. The van der Waals surface area contributed by atoms with E-state index in [4.69, 9.17) is 0 Å². The minimum absolute atomic E-state index is 0.329. The highest BCUT2D eigenvalue weighted by molar-refractivity contribution is 5.66. The molecule has 0 unspecified atom stereocenters. The van der Waals surface area contributed by atoms with Crippen molar-refractivity contribution in [2.24, 2.45) is 0 Å². The molecule has 14 heavy (non-hydrogen) atoms. The number of ether oxygens (including phenoxy) is 1. The molecule has 0 aliphatic carbocycles. The Hall–Kier alpha value is -1.57. The smallest absolute Gasteiger partial charge is 0.307 e. The molecule has 0 fully saturated rings. The second-order valence-electron chi connectivity index (χ2n) is 2.86. The van der Waals surface area contributed by atoms with E-state index in [-0.39, 0.29) is 5.97 Å². The molecule has 0 N–H and O–H groups in total. The standard InChI is InChI=1S/C8H10.C4H6O2/c1-7-5-3-4-6-8(7)2;1-3-6-4(2)5/h3-6H,1-2H3;3H,1H2,2H3. The average Bonchev–Trinajstić information content (AvgIpc) is 2.11. The van der Waals surface area contributed by atoms with E-state index in [0.717, 1.165) is 6.26 Å². The fourth-order valence-electron chi connectivity index (χ4n) is 0.780. The number of carbonyl (C=O) groups is 1. The lowest BCUT2D eigenvalue weighted by Gasteiger charge is -1.93. The summed E-state index contributed by atoms with van der Waals surface area (Å²) in [5, 5.41) is 0. The largest absolute Gasteiger partial charge is 0.435 e. The Morgan fingerprint density at radius 1 is 1.29 bits per heavy atom. The maximum absolute atomic E-state index is 9.75. The Labute approximate surface area is 85.2 Å². The molecule has 0 bridgehead atoms. The monoisotopic (exact) mass is 192 g/mol. The van der Waals surface area contributed by atoms with Crippen LogP contribution in [0.3, 0.4) is 0 Å². The third-order valence-electron chi connectivity index (χ3n) is 1.67. The Bertz CT molecular complexity index is 282. The summed E-state index contributed by atoms with van der Waals surface area (Å²) >= 11 is 0. The van der Waals surface area contributed by atoms with Gasteiger partial charge in [-0.2, -0.15) is 0 Å². The van der Waals surface area contributed by atoms with Gasteiger partial charge in [0.15, 0.2) is 0 Å². The van der Waals surface area contributed by atoms with Crippen LogP contribution in [0.5, 0.6) is 0 Å². The van der Waals surface area contributed by atoms with E-state index in [1.54, 1.807) is 0 Å². The zero-order valence-corrected chi connectivity index (χ0v) is 8.91. The Kier molecular flexibility index (Phi) is 6.12. The summed E-state index contributed by atoms with van der Waals surface area (Å²) in [5.74, 6) is -0.329. The van der Waals surface area contributed by atoms with Crippen LogP contribution >= 0.6 is 0 Å². The van der Waals surface area contributed by atoms with Gasteiger partial charge in [0.05, 0.1) is 6.26 Å². The van der Waals surface area contributed by atoms with Gasteiger partial charge in [0.2, 0.25) is 0 Å². The number of rotatable bonds is 1. The van der Waals surface area contributed by atoms with Crippen LogP contribution in [0.15, 0.2) is 37.1 Å². The van der Waals surface area contributed by atoms with Crippen LogP contribution in [-0.2, 0) is 9.53 Å². The molecule has 1 aromatic carbocycles. The Morgan fingerprint density at radius 3 is 1.86 bits per heavy atom. The van der Waals surface area contributed by atoms with E-state index in [1.807, 2.05) is 0 Å². The van der Waals surface area contributed by atoms with Gasteiger partial charge in [0, 0.05) is 6.92 Å². The number of esters is 1. The van der Waals surface area contributed by atoms with Gasteiger partial charge in [0.25, 0.3) is 0 Å². The third-order valence-corrected chi connectivity index (χ3v) is 1.67. The van der Waals surface area contributed by atoms with Crippen molar-refractivity contribution in [3.8, 4) is 0 Å². The number of hydrogen-bond acceptors (Lipinski definition) is 2. The highest BCUT2D eigenvalue weighted by atomic mass is 16.5. The zero-order valence-electron chi connectivity index (χ0n) is 8.91. The molecule has 1 rings (SSSR count). The van der Waals surface area contributed by atoms with Crippen molar-refractivity contribution in [1.82, 2.24) is 0 Å². The lowest BCUT2D eigenvalue weighted by Crippen LogP contribution is -1.87. The van der Waals surface area contributed by atoms with Crippen molar-refractivity contribution >= 4 is 5.97 Å². The molecule has 1 aromatic rings. The summed E-state index contributed by atoms with van der Waals surface area (Å²) in [6.45, 7) is 8.72. The molecule has 0 radical (unpaired) electrons. The molecule has 0 saturated heterocycles. The number of benzene rings is 1. The highest BCUT2D eigenvalue weighted by Crippen LogP contribution is 2.02. The van der Waals surface area contributed by atoms with E-state index < -0.39 is 0 Å². The molecule has 0 heterocycles. The summed E-state index contributed by atoms with van der Waals surface area (Å²) in [4.78, 5) is 9.75. The topological polar surface area (TPSA) is 26.3 Å². The van der Waals surface area contributed by atoms with Crippen LogP contribution < -0.4 is 0 Å². The van der Waals surface area contributed by atoms with E-state index in [2.05, 4.69) is 49.4 Å². The van der Waals surface area contributed by atoms with Gasteiger partial charge in [-0.15, -0.1) is 0 Å². The molecule has 0 spiro atoms. The maximum atomic E-state index is 9.75. The van der Waals surface area contributed by atoms with E-state index in [0.29, 0.717) is 0 Å². The molecule has 0 amide bonds. The minimum Gasteiger partial charge on any atom is -0.435 e. The van der Waals surface area contributed by atoms with Crippen LogP contribution in [0.1, 0.15) is 18.1 Å². The van der Waals surface area contributed by atoms with E-state index in [9.17, 15) is 4.79 Å². The van der Waals surface area contributed by atoms with Crippen LogP contribution in [0, 0.1) is 13.8 Å². The highest BCUT2D eigenvalue weighted by Gasteiger charge is 1.83. The summed E-state index contributed by atoms with van der Waals surface area (Å²) in [6.07, 6.45) is 1.10. The summed E-state index contributed by atoms with van der Waals surface area (Å²) < 4.78 is 4.17. The summed E-state index contributed by atoms with van der Waals surface area (Å²) in [5.41, 5.74) is 2.74. The van der Waals surface area contributed by atoms with Crippen molar-refractivity contribution in [2.45, 2.75) is 20.8 Å². The van der Waals surface area contributed by atoms with Crippen molar-refractivity contribution in [3.63, 3.8) is 0 Å². The predicted molar refractivity (Wildman–Crippen MR) is 57.9 cm³/mol. The van der Waals surface area contributed by atoms with Gasteiger partial charge in [0.1, 0.15) is 0 Å². The Balaban J connectivity index is 0.000000255. The average molecular weight is 192 g/mol. The maximum Gasteiger partial charge on any atom is 0.307 e. The number of aryl methyl sites for hydroxylation is 2. The number of hydrogen-bond donors (Lipinski definition) is 0. The Morgan fingerprint density at radius 2 is 1.71 bits per heavy atom.